The summed E-state index contributed by atoms with van der Waals surface area (Å²) in [5.74, 6) is 0.636. The summed E-state index contributed by atoms with van der Waals surface area (Å²) in [4.78, 5) is 11.5. The maximum Gasteiger partial charge on any atom is 0.163 e. The Morgan fingerprint density at radius 2 is 1.88 bits per heavy atom. The summed E-state index contributed by atoms with van der Waals surface area (Å²) < 4.78 is 5.62. The molecule has 2 heteroatoms. The van der Waals surface area contributed by atoms with E-state index in [1.807, 2.05) is 6.92 Å². The van der Waals surface area contributed by atoms with Gasteiger partial charge < -0.3 is 4.74 Å². The van der Waals surface area contributed by atoms with Crippen LogP contribution >= 0.6 is 0 Å². The minimum Gasteiger partial charge on any atom is -0.490 e. The van der Waals surface area contributed by atoms with Gasteiger partial charge in [0.15, 0.2) is 5.78 Å². The molecule has 1 aromatic carbocycles. The molecular formula is C15H18O2. The van der Waals surface area contributed by atoms with Crippen LogP contribution in [0, 0.1) is 0 Å². The van der Waals surface area contributed by atoms with Crippen LogP contribution in [0.2, 0.25) is 0 Å². The average molecular weight is 230 g/mol. The lowest BCUT2D eigenvalue weighted by atomic mass is 9.88. The Bertz CT molecular complexity index is 442. The summed E-state index contributed by atoms with van der Waals surface area (Å²) in [7, 11) is 0. The van der Waals surface area contributed by atoms with E-state index in [4.69, 9.17) is 4.74 Å². The molecule has 0 fully saturated rings. The highest BCUT2D eigenvalue weighted by atomic mass is 16.5. The predicted octanol–water partition coefficient (Wildman–Crippen LogP) is 3.53. The van der Waals surface area contributed by atoms with Crippen LogP contribution in [0.1, 0.15) is 44.2 Å². The van der Waals surface area contributed by atoms with E-state index in [1.54, 1.807) is 0 Å². The Morgan fingerprint density at radius 1 is 1.24 bits per heavy atom. The quantitative estimate of drug-likeness (QED) is 0.777. The highest BCUT2D eigenvalue weighted by Gasteiger charge is 2.32. The lowest BCUT2D eigenvalue weighted by Gasteiger charge is -2.31. The Morgan fingerprint density at radius 3 is 2.41 bits per heavy atom. The SMILES string of the molecule is CC(C)c1ccc(C2(C)CC(=O)C=CO2)cc1. The second-order valence-electron chi connectivity index (χ2n) is 5.07. The van der Waals surface area contributed by atoms with Gasteiger partial charge in [-0.15, -0.1) is 0 Å². The highest BCUT2D eigenvalue weighted by molar-refractivity contribution is 5.91. The molecule has 90 valence electrons. The highest BCUT2D eigenvalue weighted by Crippen LogP contribution is 2.33. The van der Waals surface area contributed by atoms with Gasteiger partial charge in [0.1, 0.15) is 5.60 Å². The molecule has 0 amide bonds. The fourth-order valence-corrected chi connectivity index (χ4v) is 2.08. The largest absolute Gasteiger partial charge is 0.490 e. The van der Waals surface area contributed by atoms with Crippen LogP contribution in [-0.4, -0.2) is 5.78 Å². The number of benzene rings is 1. The molecule has 0 saturated carbocycles. The first-order chi connectivity index (χ1) is 8.01. The van der Waals surface area contributed by atoms with Crippen LogP contribution in [0.3, 0.4) is 0 Å². The number of hydrogen-bond acceptors (Lipinski definition) is 2. The van der Waals surface area contributed by atoms with E-state index in [0.717, 1.165) is 5.56 Å². The van der Waals surface area contributed by atoms with Crippen LogP contribution in [0.25, 0.3) is 0 Å². The monoisotopic (exact) mass is 230 g/mol. The van der Waals surface area contributed by atoms with Crippen molar-refractivity contribution in [3.8, 4) is 0 Å². The number of allylic oxidation sites excluding steroid dienone is 1. The van der Waals surface area contributed by atoms with Gasteiger partial charge in [0.05, 0.1) is 12.7 Å². The summed E-state index contributed by atoms with van der Waals surface area (Å²) in [6.45, 7) is 6.29. The van der Waals surface area contributed by atoms with E-state index in [1.165, 1.54) is 17.9 Å². The molecule has 0 radical (unpaired) electrons. The molecule has 2 nitrogen and oxygen atoms in total. The molecule has 0 aromatic heterocycles. The molecule has 0 spiro atoms. The number of ether oxygens (including phenoxy) is 1. The third kappa shape index (κ3) is 2.41. The topological polar surface area (TPSA) is 26.3 Å². The van der Waals surface area contributed by atoms with Crippen LogP contribution in [-0.2, 0) is 15.1 Å². The smallest absolute Gasteiger partial charge is 0.163 e. The molecule has 0 N–H and O–H groups in total. The first kappa shape index (κ1) is 11.9. The van der Waals surface area contributed by atoms with E-state index in [0.29, 0.717) is 12.3 Å². The van der Waals surface area contributed by atoms with Gasteiger partial charge in [-0.2, -0.15) is 0 Å². The van der Waals surface area contributed by atoms with Gasteiger partial charge in [0.2, 0.25) is 0 Å². The minimum atomic E-state index is -0.513. The summed E-state index contributed by atoms with van der Waals surface area (Å²) in [5, 5.41) is 0. The zero-order valence-electron chi connectivity index (χ0n) is 10.6. The molecule has 0 aliphatic carbocycles. The lowest BCUT2D eigenvalue weighted by molar-refractivity contribution is -0.122. The molecule has 17 heavy (non-hydrogen) atoms. The maximum absolute atomic E-state index is 11.5. The van der Waals surface area contributed by atoms with Crippen molar-refractivity contribution in [1.82, 2.24) is 0 Å². The third-order valence-electron chi connectivity index (χ3n) is 3.28. The molecule has 0 saturated heterocycles. The van der Waals surface area contributed by atoms with E-state index in [9.17, 15) is 4.79 Å². The Kier molecular flexibility index (Phi) is 3.05. The van der Waals surface area contributed by atoms with E-state index in [-0.39, 0.29) is 5.78 Å². The molecule has 0 bridgehead atoms. The predicted molar refractivity (Wildman–Crippen MR) is 67.7 cm³/mol. The normalized spacial score (nSPS) is 23.9. The summed E-state index contributed by atoms with van der Waals surface area (Å²) in [5.41, 5.74) is 1.84. The van der Waals surface area contributed by atoms with Crippen molar-refractivity contribution in [3.05, 3.63) is 47.7 Å². The Hall–Kier alpha value is -1.57. The molecule has 1 unspecified atom stereocenters. The summed E-state index contributed by atoms with van der Waals surface area (Å²) in [6, 6.07) is 8.33. The van der Waals surface area contributed by atoms with E-state index < -0.39 is 5.60 Å². The first-order valence-electron chi connectivity index (χ1n) is 5.99. The van der Waals surface area contributed by atoms with Gasteiger partial charge in [0.25, 0.3) is 0 Å². The zero-order valence-corrected chi connectivity index (χ0v) is 10.6. The minimum absolute atomic E-state index is 0.117. The fraction of sp³-hybridized carbons (Fsp3) is 0.400. The number of carbonyl (C=O) groups excluding carboxylic acids is 1. The van der Waals surface area contributed by atoms with Gasteiger partial charge in [-0.1, -0.05) is 38.1 Å². The van der Waals surface area contributed by atoms with Crippen molar-refractivity contribution in [3.63, 3.8) is 0 Å². The maximum atomic E-state index is 11.5. The number of rotatable bonds is 2. The van der Waals surface area contributed by atoms with Crippen molar-refractivity contribution in [1.29, 1.82) is 0 Å². The average Bonchev–Trinajstić information content (AvgIpc) is 2.29. The Balaban J connectivity index is 2.28. The van der Waals surface area contributed by atoms with Crippen molar-refractivity contribution >= 4 is 5.78 Å². The number of hydrogen-bond donors (Lipinski definition) is 0. The van der Waals surface area contributed by atoms with Crippen molar-refractivity contribution < 1.29 is 9.53 Å². The lowest BCUT2D eigenvalue weighted by Crippen LogP contribution is -2.29. The van der Waals surface area contributed by atoms with Crippen molar-refractivity contribution in [2.24, 2.45) is 0 Å². The molecule has 1 aliphatic rings. The third-order valence-corrected chi connectivity index (χ3v) is 3.28. The summed E-state index contributed by atoms with van der Waals surface area (Å²) in [6.07, 6.45) is 3.40. The first-order valence-corrected chi connectivity index (χ1v) is 5.99. The Labute approximate surface area is 102 Å². The zero-order chi connectivity index (χ0) is 12.5. The number of carbonyl (C=O) groups is 1. The van der Waals surface area contributed by atoms with Gasteiger partial charge >= 0.3 is 0 Å². The number of ketones is 1. The van der Waals surface area contributed by atoms with Gasteiger partial charge in [-0.25, -0.2) is 0 Å². The second-order valence-corrected chi connectivity index (χ2v) is 5.07. The fourth-order valence-electron chi connectivity index (χ4n) is 2.08. The molecular weight excluding hydrogens is 212 g/mol. The van der Waals surface area contributed by atoms with Crippen LogP contribution < -0.4 is 0 Å². The second kappa shape index (κ2) is 4.36. The molecule has 1 aliphatic heterocycles. The molecule has 2 rings (SSSR count). The van der Waals surface area contributed by atoms with Gasteiger partial charge in [0, 0.05) is 6.08 Å². The van der Waals surface area contributed by atoms with Crippen LogP contribution in [0.4, 0.5) is 0 Å². The van der Waals surface area contributed by atoms with E-state index in [2.05, 4.69) is 38.1 Å². The van der Waals surface area contributed by atoms with Crippen LogP contribution in [0.15, 0.2) is 36.6 Å². The van der Waals surface area contributed by atoms with Crippen LogP contribution in [0.5, 0.6) is 0 Å². The standard InChI is InChI=1S/C15H18O2/c1-11(2)12-4-6-13(7-5-12)15(3)10-14(16)8-9-17-15/h4-9,11H,10H2,1-3H3. The van der Waals surface area contributed by atoms with E-state index >= 15 is 0 Å². The molecule has 1 aromatic rings. The van der Waals surface area contributed by atoms with Crippen molar-refractivity contribution in [2.75, 3.05) is 0 Å². The summed E-state index contributed by atoms with van der Waals surface area (Å²) >= 11 is 0. The van der Waals surface area contributed by atoms with Gasteiger partial charge in [-0.3, -0.25) is 4.79 Å². The molecule has 1 heterocycles. The van der Waals surface area contributed by atoms with Crippen molar-refractivity contribution in [2.45, 2.75) is 38.7 Å². The van der Waals surface area contributed by atoms with Gasteiger partial charge in [-0.05, 0) is 24.0 Å². The molecule has 1 atom stereocenters.